The minimum absolute atomic E-state index is 0.162. The van der Waals surface area contributed by atoms with Gasteiger partial charge in [-0.1, -0.05) is 11.6 Å². The summed E-state index contributed by atoms with van der Waals surface area (Å²) in [6.07, 6.45) is 0. The number of amides is 1. The van der Waals surface area contributed by atoms with E-state index >= 15 is 0 Å². The molecule has 3 N–H and O–H groups in total. The Hall–Kier alpha value is -4.16. The van der Waals surface area contributed by atoms with Crippen molar-refractivity contribution in [1.82, 2.24) is 4.98 Å². The fraction of sp³-hybridized carbons (Fsp3) is 0.0909. The van der Waals surface area contributed by atoms with Crippen molar-refractivity contribution in [3.63, 3.8) is 0 Å². The number of aryl methyl sites for hydroxylation is 1. The molecule has 0 saturated heterocycles. The molecule has 0 fully saturated rings. The van der Waals surface area contributed by atoms with Gasteiger partial charge in [-0.2, -0.15) is 10.5 Å². The fourth-order valence-electron chi connectivity index (χ4n) is 2.75. The summed E-state index contributed by atoms with van der Waals surface area (Å²) in [5.41, 5.74) is 0.998. The zero-order valence-corrected chi connectivity index (χ0v) is 19.1. The van der Waals surface area contributed by atoms with E-state index in [2.05, 4.69) is 10.3 Å². The standard InChI is InChI=1S/C22H16ClN5O5S/c1-13-18(3-5-22(27-13)34(26,30)31)28-21(29)12-32-19-4-2-16(23)9-20(19)33-17-7-14(10-24)6-15(8-17)11-25/h2-9H,12H2,1H3,(H,28,29)(H2,26,30,31). The maximum absolute atomic E-state index is 12.4. The average Bonchev–Trinajstić information content (AvgIpc) is 2.78. The molecule has 172 valence electrons. The Morgan fingerprint density at radius 3 is 2.35 bits per heavy atom. The highest BCUT2D eigenvalue weighted by atomic mass is 35.5. The van der Waals surface area contributed by atoms with Crippen LogP contribution in [0.25, 0.3) is 0 Å². The number of anilines is 1. The van der Waals surface area contributed by atoms with Crippen molar-refractivity contribution in [2.75, 3.05) is 11.9 Å². The summed E-state index contributed by atoms with van der Waals surface area (Å²) in [5.74, 6) is 0.00526. The molecule has 0 aliphatic rings. The SMILES string of the molecule is Cc1nc(S(N)(=O)=O)ccc1NC(=O)COc1ccc(Cl)cc1Oc1cc(C#N)cc(C#N)c1. The van der Waals surface area contributed by atoms with Gasteiger partial charge in [-0.25, -0.2) is 18.5 Å². The van der Waals surface area contributed by atoms with Gasteiger partial charge in [0.2, 0.25) is 0 Å². The quantitative estimate of drug-likeness (QED) is 0.501. The summed E-state index contributed by atoms with van der Waals surface area (Å²) in [7, 11) is -3.97. The van der Waals surface area contributed by atoms with Crippen LogP contribution in [0.15, 0.2) is 53.6 Å². The number of hydrogen-bond donors (Lipinski definition) is 2. The third kappa shape index (κ3) is 6.21. The molecule has 34 heavy (non-hydrogen) atoms. The second kappa shape index (κ2) is 10.2. The minimum Gasteiger partial charge on any atom is -0.480 e. The van der Waals surface area contributed by atoms with Crippen molar-refractivity contribution in [3.8, 4) is 29.4 Å². The number of benzene rings is 2. The van der Waals surface area contributed by atoms with Gasteiger partial charge >= 0.3 is 0 Å². The summed E-state index contributed by atoms with van der Waals surface area (Å²) >= 11 is 6.05. The van der Waals surface area contributed by atoms with E-state index in [-0.39, 0.29) is 44.8 Å². The third-order valence-corrected chi connectivity index (χ3v) is 5.33. The Bertz CT molecular complexity index is 1430. The van der Waals surface area contributed by atoms with Crippen molar-refractivity contribution in [2.45, 2.75) is 11.9 Å². The van der Waals surface area contributed by atoms with Crippen LogP contribution in [0.1, 0.15) is 16.8 Å². The summed E-state index contributed by atoms with van der Waals surface area (Å²) < 4.78 is 34.1. The van der Waals surface area contributed by atoms with Gasteiger partial charge < -0.3 is 14.8 Å². The molecule has 3 aromatic rings. The summed E-state index contributed by atoms with van der Waals surface area (Å²) in [5, 5.41) is 25.9. The second-order valence-electron chi connectivity index (χ2n) is 6.83. The fourth-order valence-corrected chi connectivity index (χ4v) is 3.44. The number of carbonyl (C=O) groups excluding carboxylic acids is 1. The lowest BCUT2D eigenvalue weighted by atomic mass is 10.1. The Morgan fingerprint density at radius 1 is 1.09 bits per heavy atom. The molecule has 0 bridgehead atoms. The predicted octanol–water partition coefficient (Wildman–Crippen LogP) is 3.24. The van der Waals surface area contributed by atoms with E-state index in [0.717, 1.165) is 0 Å². The molecule has 12 heteroatoms. The Balaban J connectivity index is 1.74. The molecule has 0 saturated carbocycles. The first-order chi connectivity index (χ1) is 16.1. The van der Waals surface area contributed by atoms with Crippen LogP contribution in [0.2, 0.25) is 5.02 Å². The average molecular weight is 498 g/mol. The highest BCUT2D eigenvalue weighted by molar-refractivity contribution is 7.89. The number of nitrogens with two attached hydrogens (primary N) is 1. The highest BCUT2D eigenvalue weighted by Gasteiger charge is 2.15. The van der Waals surface area contributed by atoms with Crippen LogP contribution < -0.4 is 19.9 Å². The number of carbonyl (C=O) groups is 1. The molecule has 0 unspecified atom stereocenters. The van der Waals surface area contributed by atoms with Crippen molar-refractivity contribution in [1.29, 1.82) is 10.5 Å². The molecule has 1 amide bonds. The first-order valence-corrected chi connectivity index (χ1v) is 11.4. The zero-order chi connectivity index (χ0) is 24.9. The number of halogens is 1. The molecular formula is C22H16ClN5O5S. The van der Waals surface area contributed by atoms with Crippen LogP contribution in [-0.4, -0.2) is 25.9 Å². The highest BCUT2D eigenvalue weighted by Crippen LogP contribution is 2.35. The summed E-state index contributed by atoms with van der Waals surface area (Å²) in [6.45, 7) is 1.09. The Morgan fingerprint density at radius 2 is 1.76 bits per heavy atom. The van der Waals surface area contributed by atoms with Gasteiger partial charge in [0.15, 0.2) is 23.1 Å². The molecule has 3 rings (SSSR count). The molecule has 0 atom stereocenters. The third-order valence-electron chi connectivity index (χ3n) is 4.28. The van der Waals surface area contributed by atoms with E-state index in [0.29, 0.717) is 5.02 Å². The normalized spacial score (nSPS) is 10.6. The first-order valence-electron chi connectivity index (χ1n) is 9.45. The van der Waals surface area contributed by atoms with Crippen LogP contribution in [0.3, 0.4) is 0 Å². The van der Waals surface area contributed by atoms with Crippen LogP contribution in [-0.2, 0) is 14.8 Å². The number of nitriles is 2. The number of hydrogen-bond acceptors (Lipinski definition) is 8. The second-order valence-corrected chi connectivity index (χ2v) is 8.77. The van der Waals surface area contributed by atoms with Gasteiger partial charge in [0.05, 0.1) is 34.6 Å². The Labute approximate surface area is 200 Å². The van der Waals surface area contributed by atoms with Crippen molar-refractivity contribution < 1.29 is 22.7 Å². The van der Waals surface area contributed by atoms with Gasteiger partial charge in [0.25, 0.3) is 15.9 Å². The van der Waals surface area contributed by atoms with Crippen molar-refractivity contribution in [3.05, 3.63) is 70.4 Å². The molecule has 2 aromatic carbocycles. The van der Waals surface area contributed by atoms with E-state index in [9.17, 15) is 13.2 Å². The van der Waals surface area contributed by atoms with Gasteiger partial charge in [0.1, 0.15) is 5.75 Å². The predicted molar refractivity (Wildman–Crippen MR) is 122 cm³/mol. The van der Waals surface area contributed by atoms with Gasteiger partial charge in [-0.05, 0) is 49.4 Å². The van der Waals surface area contributed by atoms with Gasteiger partial charge in [0, 0.05) is 11.1 Å². The monoisotopic (exact) mass is 497 g/mol. The number of nitrogens with zero attached hydrogens (tertiary/aromatic N) is 3. The maximum atomic E-state index is 12.4. The van der Waals surface area contributed by atoms with E-state index in [1.807, 2.05) is 12.1 Å². The zero-order valence-electron chi connectivity index (χ0n) is 17.6. The summed E-state index contributed by atoms with van der Waals surface area (Å²) in [4.78, 5) is 16.2. The lowest BCUT2D eigenvalue weighted by Crippen LogP contribution is -2.21. The van der Waals surface area contributed by atoms with Crippen LogP contribution in [0.5, 0.6) is 17.2 Å². The molecule has 0 radical (unpaired) electrons. The van der Waals surface area contributed by atoms with E-state index in [4.69, 9.17) is 36.7 Å². The van der Waals surface area contributed by atoms with Crippen molar-refractivity contribution >= 4 is 33.2 Å². The van der Waals surface area contributed by atoms with Gasteiger partial charge in [-0.3, -0.25) is 4.79 Å². The molecule has 0 aliphatic heterocycles. The molecule has 10 nitrogen and oxygen atoms in total. The van der Waals surface area contributed by atoms with Crippen LogP contribution in [0, 0.1) is 29.6 Å². The largest absolute Gasteiger partial charge is 0.480 e. The lowest BCUT2D eigenvalue weighted by molar-refractivity contribution is -0.118. The van der Waals surface area contributed by atoms with E-state index < -0.39 is 22.5 Å². The van der Waals surface area contributed by atoms with Crippen LogP contribution >= 0.6 is 11.6 Å². The number of pyridine rings is 1. The number of aromatic nitrogens is 1. The number of primary sulfonamides is 1. The molecule has 0 spiro atoms. The molecular weight excluding hydrogens is 482 g/mol. The molecule has 1 heterocycles. The topological polar surface area (TPSA) is 168 Å². The van der Waals surface area contributed by atoms with Gasteiger partial charge in [-0.15, -0.1) is 0 Å². The number of ether oxygens (including phenoxy) is 2. The first kappa shape index (κ1) is 24.5. The van der Waals surface area contributed by atoms with E-state index in [1.165, 1.54) is 55.5 Å². The molecule has 1 aromatic heterocycles. The number of rotatable bonds is 7. The smallest absolute Gasteiger partial charge is 0.262 e. The maximum Gasteiger partial charge on any atom is 0.262 e. The molecule has 0 aliphatic carbocycles. The Kier molecular flexibility index (Phi) is 7.34. The number of nitrogens with one attached hydrogen (secondary N) is 1. The summed E-state index contributed by atoms with van der Waals surface area (Å²) in [6, 6.07) is 15.2. The minimum atomic E-state index is -3.97. The lowest BCUT2D eigenvalue weighted by Gasteiger charge is -2.14. The van der Waals surface area contributed by atoms with Crippen molar-refractivity contribution in [2.24, 2.45) is 5.14 Å². The number of sulfonamides is 1. The van der Waals surface area contributed by atoms with Crippen LogP contribution in [0.4, 0.5) is 5.69 Å². The van der Waals surface area contributed by atoms with E-state index in [1.54, 1.807) is 0 Å².